The molecule has 0 saturated carbocycles. The van der Waals surface area contributed by atoms with Gasteiger partial charge in [0, 0.05) is 26.8 Å². The van der Waals surface area contributed by atoms with Crippen molar-refractivity contribution in [3.63, 3.8) is 0 Å². The molecule has 0 aromatic carbocycles. The molecule has 0 bridgehead atoms. The van der Waals surface area contributed by atoms with Gasteiger partial charge in [0.25, 0.3) is 5.91 Å². The largest absolute Gasteiger partial charge is 0.361 e. The molecule has 0 unspecified atom stereocenters. The highest BCUT2D eigenvalue weighted by atomic mass is 16.2. The average molecular weight is 314 g/mol. The maximum Gasteiger partial charge on any atom is 0.274 e. The molecule has 122 valence electrons. The van der Waals surface area contributed by atoms with Crippen LogP contribution in [0.25, 0.3) is 0 Å². The van der Waals surface area contributed by atoms with Crippen molar-refractivity contribution in [2.45, 2.75) is 32.4 Å². The molecule has 1 saturated heterocycles. The number of carbonyl (C=O) groups excluding carboxylic acids is 1. The summed E-state index contributed by atoms with van der Waals surface area (Å²) in [5, 5.41) is 12.5. The van der Waals surface area contributed by atoms with Crippen LogP contribution in [-0.4, -0.2) is 57.5 Å². The standard InChI is InChI=1S/C16H22N6O/c1-12-9-17-21(10-12)11-13-5-4-8-22(13)16(23)14-6-7-15(19-18-14)20(2)3/h6-7,9-10,13H,4-5,8,11H2,1-3H3/t13-/m0/s1. The summed E-state index contributed by atoms with van der Waals surface area (Å²) in [7, 11) is 3.79. The van der Waals surface area contributed by atoms with Crippen LogP contribution in [0.1, 0.15) is 28.9 Å². The SMILES string of the molecule is Cc1cnn(C[C@@H]2CCCN2C(=O)c2ccc(N(C)C)nn2)c1. The van der Waals surface area contributed by atoms with Gasteiger partial charge >= 0.3 is 0 Å². The van der Waals surface area contributed by atoms with Crippen molar-refractivity contribution >= 4 is 11.7 Å². The molecule has 23 heavy (non-hydrogen) atoms. The zero-order valence-corrected chi connectivity index (χ0v) is 13.8. The number of aryl methyl sites for hydroxylation is 1. The van der Waals surface area contributed by atoms with Crippen molar-refractivity contribution in [1.29, 1.82) is 0 Å². The van der Waals surface area contributed by atoms with E-state index < -0.39 is 0 Å². The molecule has 0 aliphatic carbocycles. The minimum Gasteiger partial charge on any atom is -0.361 e. The van der Waals surface area contributed by atoms with E-state index in [0.717, 1.165) is 37.3 Å². The van der Waals surface area contributed by atoms with Gasteiger partial charge in [-0.15, -0.1) is 10.2 Å². The lowest BCUT2D eigenvalue weighted by molar-refractivity contribution is 0.0714. The van der Waals surface area contributed by atoms with E-state index in [9.17, 15) is 4.79 Å². The third-order valence-electron chi connectivity index (χ3n) is 4.13. The molecule has 0 N–H and O–H groups in total. The summed E-state index contributed by atoms with van der Waals surface area (Å²) in [6.45, 7) is 3.51. The van der Waals surface area contributed by atoms with Gasteiger partial charge in [0.1, 0.15) is 0 Å². The van der Waals surface area contributed by atoms with Crippen molar-refractivity contribution in [3.8, 4) is 0 Å². The van der Waals surface area contributed by atoms with Gasteiger partial charge in [-0.25, -0.2) is 0 Å². The lowest BCUT2D eigenvalue weighted by Crippen LogP contribution is -2.38. The Labute approximate surface area is 135 Å². The highest BCUT2D eigenvalue weighted by Gasteiger charge is 2.30. The Balaban J connectivity index is 1.72. The topological polar surface area (TPSA) is 67.2 Å². The fraction of sp³-hybridized carbons (Fsp3) is 0.500. The number of nitrogens with zero attached hydrogens (tertiary/aromatic N) is 6. The van der Waals surface area contributed by atoms with Crippen molar-refractivity contribution in [1.82, 2.24) is 24.9 Å². The summed E-state index contributed by atoms with van der Waals surface area (Å²) in [5.41, 5.74) is 1.53. The van der Waals surface area contributed by atoms with E-state index in [4.69, 9.17) is 0 Å². The fourth-order valence-electron chi connectivity index (χ4n) is 2.90. The predicted molar refractivity (Wildman–Crippen MR) is 87.4 cm³/mol. The molecule has 7 heteroatoms. The highest BCUT2D eigenvalue weighted by Crippen LogP contribution is 2.21. The average Bonchev–Trinajstić information content (AvgIpc) is 3.16. The van der Waals surface area contributed by atoms with Gasteiger partial charge in [0.05, 0.1) is 18.8 Å². The third-order valence-corrected chi connectivity index (χ3v) is 4.13. The Kier molecular flexibility index (Phi) is 4.27. The third kappa shape index (κ3) is 3.33. The van der Waals surface area contributed by atoms with Crippen LogP contribution in [0.5, 0.6) is 0 Å². The minimum atomic E-state index is -0.0471. The van der Waals surface area contributed by atoms with Crippen LogP contribution in [0, 0.1) is 6.92 Å². The summed E-state index contributed by atoms with van der Waals surface area (Å²) in [6.07, 6.45) is 5.85. The number of hydrogen-bond acceptors (Lipinski definition) is 5. The maximum absolute atomic E-state index is 12.7. The minimum absolute atomic E-state index is 0.0471. The van der Waals surface area contributed by atoms with Crippen LogP contribution in [0.4, 0.5) is 5.82 Å². The van der Waals surface area contributed by atoms with E-state index in [1.165, 1.54) is 0 Å². The maximum atomic E-state index is 12.7. The molecule has 3 heterocycles. The summed E-state index contributed by atoms with van der Waals surface area (Å²) in [6, 6.07) is 3.73. The number of anilines is 1. The van der Waals surface area contributed by atoms with Crippen molar-refractivity contribution < 1.29 is 4.79 Å². The second kappa shape index (κ2) is 6.36. The first-order valence-corrected chi connectivity index (χ1v) is 7.85. The number of carbonyl (C=O) groups is 1. The van der Waals surface area contributed by atoms with Crippen LogP contribution < -0.4 is 4.90 Å². The van der Waals surface area contributed by atoms with Crippen LogP contribution in [0.3, 0.4) is 0 Å². The molecule has 1 aliphatic heterocycles. The van der Waals surface area contributed by atoms with E-state index in [0.29, 0.717) is 5.69 Å². The molecule has 1 atom stereocenters. The van der Waals surface area contributed by atoms with Crippen molar-refractivity contribution in [2.75, 3.05) is 25.5 Å². The first-order chi connectivity index (χ1) is 11.0. The van der Waals surface area contributed by atoms with Gasteiger partial charge in [0.15, 0.2) is 11.5 Å². The number of aromatic nitrogens is 4. The number of amides is 1. The second-order valence-electron chi connectivity index (χ2n) is 6.21. The number of hydrogen-bond donors (Lipinski definition) is 0. The molecule has 7 nitrogen and oxygen atoms in total. The van der Waals surface area contributed by atoms with E-state index in [-0.39, 0.29) is 11.9 Å². The normalized spacial score (nSPS) is 17.5. The molecule has 1 aliphatic rings. The molecule has 1 amide bonds. The van der Waals surface area contributed by atoms with E-state index in [1.54, 1.807) is 6.07 Å². The van der Waals surface area contributed by atoms with Gasteiger partial charge in [-0.1, -0.05) is 0 Å². The van der Waals surface area contributed by atoms with Gasteiger partial charge < -0.3 is 9.80 Å². The van der Waals surface area contributed by atoms with Crippen molar-refractivity contribution in [2.24, 2.45) is 0 Å². The number of likely N-dealkylation sites (tertiary alicyclic amines) is 1. The summed E-state index contributed by atoms with van der Waals surface area (Å²) >= 11 is 0. The lowest BCUT2D eigenvalue weighted by Gasteiger charge is -2.24. The van der Waals surface area contributed by atoms with Crippen molar-refractivity contribution in [3.05, 3.63) is 35.8 Å². The molecule has 0 spiro atoms. The van der Waals surface area contributed by atoms with E-state index in [2.05, 4.69) is 15.3 Å². The Bertz CT molecular complexity index is 678. The van der Waals surface area contributed by atoms with Crippen LogP contribution in [-0.2, 0) is 6.54 Å². The number of rotatable bonds is 4. The van der Waals surface area contributed by atoms with E-state index in [1.807, 2.05) is 54.0 Å². The molecular weight excluding hydrogens is 292 g/mol. The summed E-state index contributed by atoms with van der Waals surface area (Å²) in [5.74, 6) is 0.695. The Morgan fingerprint density at radius 3 is 2.78 bits per heavy atom. The van der Waals surface area contributed by atoms with Crippen LogP contribution in [0.15, 0.2) is 24.5 Å². The van der Waals surface area contributed by atoms with Gasteiger partial charge in [-0.2, -0.15) is 5.10 Å². The molecule has 2 aromatic heterocycles. The Morgan fingerprint density at radius 2 is 2.17 bits per heavy atom. The molecule has 2 aromatic rings. The quantitative estimate of drug-likeness (QED) is 0.852. The van der Waals surface area contributed by atoms with Gasteiger partial charge in [-0.3, -0.25) is 9.48 Å². The monoisotopic (exact) mass is 314 g/mol. The molecule has 3 rings (SSSR count). The van der Waals surface area contributed by atoms with Gasteiger partial charge in [-0.05, 0) is 37.5 Å². The summed E-state index contributed by atoms with van der Waals surface area (Å²) in [4.78, 5) is 16.5. The highest BCUT2D eigenvalue weighted by molar-refractivity contribution is 5.92. The van der Waals surface area contributed by atoms with Crippen LogP contribution in [0.2, 0.25) is 0 Å². The van der Waals surface area contributed by atoms with E-state index >= 15 is 0 Å². The predicted octanol–water partition coefficient (Wildman–Crippen LogP) is 1.35. The first kappa shape index (κ1) is 15.5. The zero-order chi connectivity index (χ0) is 16.4. The molecular formula is C16H22N6O. The van der Waals surface area contributed by atoms with Gasteiger partial charge in [0.2, 0.25) is 0 Å². The lowest BCUT2D eigenvalue weighted by atomic mass is 10.2. The zero-order valence-electron chi connectivity index (χ0n) is 13.8. The molecule has 1 fully saturated rings. The summed E-state index contributed by atoms with van der Waals surface area (Å²) < 4.78 is 1.91. The van der Waals surface area contributed by atoms with Crippen LogP contribution >= 0.6 is 0 Å². The Hall–Kier alpha value is -2.44. The molecule has 0 radical (unpaired) electrons. The smallest absolute Gasteiger partial charge is 0.274 e. The second-order valence-corrected chi connectivity index (χ2v) is 6.21. The first-order valence-electron chi connectivity index (χ1n) is 7.85. The fourth-order valence-corrected chi connectivity index (χ4v) is 2.90. The Morgan fingerprint density at radius 1 is 1.35 bits per heavy atom.